The molecule has 0 saturated carbocycles. The van der Waals surface area contributed by atoms with Gasteiger partial charge in [-0.1, -0.05) is 35.3 Å². The Morgan fingerprint density at radius 1 is 0.870 bits per heavy atom. The molecule has 0 atom stereocenters. The van der Waals surface area contributed by atoms with Gasteiger partial charge in [-0.05, 0) is 42.0 Å². The van der Waals surface area contributed by atoms with Gasteiger partial charge in [0.05, 0.1) is 18.4 Å². The quantitative estimate of drug-likeness (QED) is 0.791. The fourth-order valence-electron chi connectivity index (χ4n) is 2.34. The SMILES string of the molecule is COc1ccc(N2C(=O)C(Cl)=C(c3ccc(Cl)cc3)C2=O)cc1. The Morgan fingerprint density at radius 3 is 2.04 bits per heavy atom. The summed E-state index contributed by atoms with van der Waals surface area (Å²) in [6, 6.07) is 13.2. The Labute approximate surface area is 142 Å². The fraction of sp³-hybridized carbons (Fsp3) is 0.0588. The van der Waals surface area contributed by atoms with E-state index < -0.39 is 11.8 Å². The minimum Gasteiger partial charge on any atom is -0.497 e. The highest BCUT2D eigenvalue weighted by molar-refractivity contribution is 6.60. The number of carbonyl (C=O) groups excluding carboxylic acids is 2. The summed E-state index contributed by atoms with van der Waals surface area (Å²) < 4.78 is 5.07. The van der Waals surface area contributed by atoms with E-state index in [1.807, 2.05) is 0 Å². The molecule has 4 nitrogen and oxygen atoms in total. The first-order chi connectivity index (χ1) is 11.0. The zero-order valence-corrected chi connectivity index (χ0v) is 13.6. The highest BCUT2D eigenvalue weighted by Crippen LogP contribution is 2.35. The van der Waals surface area contributed by atoms with Gasteiger partial charge in [-0.2, -0.15) is 0 Å². The van der Waals surface area contributed by atoms with Crippen molar-refractivity contribution in [3.8, 4) is 5.75 Å². The molecule has 0 fully saturated rings. The van der Waals surface area contributed by atoms with Crippen molar-refractivity contribution in [3.63, 3.8) is 0 Å². The highest BCUT2D eigenvalue weighted by atomic mass is 35.5. The lowest BCUT2D eigenvalue weighted by atomic mass is 10.1. The van der Waals surface area contributed by atoms with Gasteiger partial charge in [0.2, 0.25) is 0 Å². The van der Waals surface area contributed by atoms with E-state index in [1.54, 1.807) is 48.5 Å². The number of nitrogens with zero attached hydrogens (tertiary/aromatic N) is 1. The van der Waals surface area contributed by atoms with Gasteiger partial charge in [0.1, 0.15) is 10.8 Å². The van der Waals surface area contributed by atoms with Crippen LogP contribution in [0.25, 0.3) is 5.57 Å². The first kappa shape index (κ1) is 15.6. The number of rotatable bonds is 3. The van der Waals surface area contributed by atoms with Gasteiger partial charge >= 0.3 is 0 Å². The van der Waals surface area contributed by atoms with Gasteiger partial charge in [-0.25, -0.2) is 4.90 Å². The van der Waals surface area contributed by atoms with E-state index in [9.17, 15) is 9.59 Å². The van der Waals surface area contributed by atoms with Crippen molar-refractivity contribution in [2.24, 2.45) is 0 Å². The minimum absolute atomic E-state index is 0.104. The van der Waals surface area contributed by atoms with E-state index in [0.29, 0.717) is 22.0 Å². The van der Waals surface area contributed by atoms with E-state index in [1.165, 1.54) is 7.11 Å². The van der Waals surface area contributed by atoms with E-state index in [4.69, 9.17) is 27.9 Å². The lowest BCUT2D eigenvalue weighted by Gasteiger charge is -2.15. The summed E-state index contributed by atoms with van der Waals surface area (Å²) in [7, 11) is 1.54. The van der Waals surface area contributed by atoms with Crippen LogP contribution in [0.1, 0.15) is 5.56 Å². The second kappa shape index (κ2) is 6.07. The Kier molecular flexibility index (Phi) is 4.11. The van der Waals surface area contributed by atoms with Crippen LogP contribution in [0.2, 0.25) is 5.02 Å². The van der Waals surface area contributed by atoms with E-state index in [-0.39, 0.29) is 10.6 Å². The molecular weight excluding hydrogens is 337 g/mol. The van der Waals surface area contributed by atoms with Gasteiger partial charge < -0.3 is 4.74 Å². The van der Waals surface area contributed by atoms with E-state index in [2.05, 4.69) is 0 Å². The molecule has 2 amide bonds. The lowest BCUT2D eigenvalue weighted by Crippen LogP contribution is -2.31. The van der Waals surface area contributed by atoms with Gasteiger partial charge in [0, 0.05) is 5.02 Å². The van der Waals surface area contributed by atoms with Crippen LogP contribution in [0.15, 0.2) is 53.6 Å². The predicted molar refractivity (Wildman–Crippen MR) is 89.7 cm³/mol. The van der Waals surface area contributed by atoms with Crippen LogP contribution in [0.4, 0.5) is 5.69 Å². The highest BCUT2D eigenvalue weighted by Gasteiger charge is 2.39. The summed E-state index contributed by atoms with van der Waals surface area (Å²) in [5, 5.41) is 0.433. The maximum Gasteiger partial charge on any atom is 0.277 e. The molecule has 3 rings (SSSR count). The molecule has 1 aliphatic heterocycles. The first-order valence-electron chi connectivity index (χ1n) is 6.71. The molecule has 2 aromatic rings. The molecule has 0 bridgehead atoms. The fourth-order valence-corrected chi connectivity index (χ4v) is 2.74. The van der Waals surface area contributed by atoms with Gasteiger partial charge in [-0.3, -0.25) is 9.59 Å². The largest absolute Gasteiger partial charge is 0.497 e. The zero-order chi connectivity index (χ0) is 16.6. The molecule has 1 aliphatic rings. The molecule has 0 spiro atoms. The van der Waals surface area contributed by atoms with Gasteiger partial charge in [-0.15, -0.1) is 0 Å². The Balaban J connectivity index is 1.99. The molecule has 2 aromatic carbocycles. The molecule has 116 valence electrons. The molecular formula is C17H11Cl2NO3. The summed E-state index contributed by atoms with van der Waals surface area (Å²) >= 11 is 12.0. The number of benzene rings is 2. The second-order valence-electron chi connectivity index (χ2n) is 4.84. The zero-order valence-electron chi connectivity index (χ0n) is 12.0. The third kappa shape index (κ3) is 2.71. The number of imide groups is 1. The molecule has 23 heavy (non-hydrogen) atoms. The molecule has 0 unspecified atom stereocenters. The number of ether oxygens (including phenoxy) is 1. The smallest absolute Gasteiger partial charge is 0.277 e. The second-order valence-corrected chi connectivity index (χ2v) is 5.65. The van der Waals surface area contributed by atoms with Crippen LogP contribution in [0.3, 0.4) is 0 Å². The van der Waals surface area contributed by atoms with Crippen molar-refractivity contribution in [2.45, 2.75) is 0 Å². The van der Waals surface area contributed by atoms with Crippen molar-refractivity contribution in [2.75, 3.05) is 12.0 Å². The Morgan fingerprint density at radius 2 is 1.48 bits per heavy atom. The molecule has 0 saturated heterocycles. The Bertz CT molecular complexity index is 811. The third-order valence-corrected chi connectivity index (χ3v) is 4.09. The normalized spacial score (nSPS) is 14.7. The summed E-state index contributed by atoms with van der Waals surface area (Å²) in [6.45, 7) is 0. The van der Waals surface area contributed by atoms with Crippen LogP contribution in [-0.2, 0) is 9.59 Å². The number of methoxy groups -OCH3 is 1. The standard InChI is InChI=1S/C17H11Cl2NO3/c1-23-13-8-6-12(7-9-13)20-16(21)14(15(19)17(20)22)10-2-4-11(18)5-3-10/h2-9H,1H3. The van der Waals surface area contributed by atoms with Crippen LogP contribution >= 0.6 is 23.2 Å². The van der Waals surface area contributed by atoms with Crippen LogP contribution in [-0.4, -0.2) is 18.9 Å². The van der Waals surface area contributed by atoms with Crippen LogP contribution in [0, 0.1) is 0 Å². The van der Waals surface area contributed by atoms with Crippen LogP contribution < -0.4 is 9.64 Å². The summed E-state index contributed by atoms with van der Waals surface area (Å²) in [4.78, 5) is 26.1. The monoisotopic (exact) mass is 347 g/mol. The van der Waals surface area contributed by atoms with Gasteiger partial charge in [0.15, 0.2) is 0 Å². The van der Waals surface area contributed by atoms with Crippen molar-refractivity contribution >= 4 is 46.3 Å². The van der Waals surface area contributed by atoms with Crippen molar-refractivity contribution in [1.82, 2.24) is 0 Å². The maximum absolute atomic E-state index is 12.7. The van der Waals surface area contributed by atoms with Crippen molar-refractivity contribution in [3.05, 3.63) is 64.1 Å². The van der Waals surface area contributed by atoms with Crippen molar-refractivity contribution in [1.29, 1.82) is 0 Å². The number of hydrogen-bond donors (Lipinski definition) is 0. The summed E-state index contributed by atoms with van der Waals surface area (Å²) in [5.74, 6) is -0.385. The third-order valence-electron chi connectivity index (χ3n) is 3.49. The number of halogens is 2. The molecule has 0 radical (unpaired) electrons. The number of carbonyl (C=O) groups is 2. The number of hydrogen-bond acceptors (Lipinski definition) is 3. The van der Waals surface area contributed by atoms with Gasteiger partial charge in [0.25, 0.3) is 11.8 Å². The predicted octanol–water partition coefficient (Wildman–Crippen LogP) is 3.87. The number of amides is 2. The first-order valence-corrected chi connectivity index (χ1v) is 7.47. The summed E-state index contributed by atoms with van der Waals surface area (Å²) in [5.41, 5.74) is 1.15. The topological polar surface area (TPSA) is 46.6 Å². The molecule has 0 aliphatic carbocycles. The van der Waals surface area contributed by atoms with E-state index in [0.717, 1.165) is 4.90 Å². The lowest BCUT2D eigenvalue weighted by molar-refractivity contribution is -0.119. The summed E-state index contributed by atoms with van der Waals surface area (Å²) in [6.07, 6.45) is 0. The average molecular weight is 348 g/mol. The maximum atomic E-state index is 12.7. The Hall–Kier alpha value is -2.30. The minimum atomic E-state index is -0.549. The molecule has 1 heterocycles. The average Bonchev–Trinajstić information content (AvgIpc) is 2.78. The number of anilines is 1. The van der Waals surface area contributed by atoms with E-state index >= 15 is 0 Å². The van der Waals surface area contributed by atoms with Crippen molar-refractivity contribution < 1.29 is 14.3 Å². The molecule has 0 N–H and O–H groups in total. The molecule has 6 heteroatoms. The molecule has 0 aromatic heterocycles. The van der Waals surface area contributed by atoms with Crippen LogP contribution in [0.5, 0.6) is 5.75 Å².